The normalized spacial score (nSPS) is 11.6. The number of aromatic nitrogens is 4. The fraction of sp³-hybridized carbons (Fsp3) is 0. The molecule has 262 valence electrons. The molecule has 0 aliphatic rings. The van der Waals surface area contributed by atoms with Gasteiger partial charge in [-0.25, -0.2) is 19.9 Å². The van der Waals surface area contributed by atoms with Crippen molar-refractivity contribution in [2.24, 2.45) is 0 Å². The van der Waals surface area contributed by atoms with Crippen molar-refractivity contribution in [1.82, 2.24) is 19.9 Å². The van der Waals surface area contributed by atoms with E-state index in [0.29, 0.717) is 17.5 Å². The molecule has 0 spiro atoms. The molecule has 0 bridgehead atoms. The van der Waals surface area contributed by atoms with Gasteiger partial charge in [-0.2, -0.15) is 0 Å². The van der Waals surface area contributed by atoms with Crippen molar-refractivity contribution in [3.63, 3.8) is 0 Å². The number of hydrogen-bond donors (Lipinski definition) is 0. The predicted octanol–water partition coefficient (Wildman–Crippen LogP) is 14.0. The van der Waals surface area contributed by atoms with E-state index in [2.05, 4.69) is 164 Å². The molecule has 0 saturated heterocycles. The Hall–Kier alpha value is -6.86. The Morgan fingerprint density at radius 1 is 0.339 bits per heavy atom. The molecule has 0 radical (unpaired) electrons. The second kappa shape index (κ2) is 13.5. The van der Waals surface area contributed by atoms with Crippen LogP contribution in [0.3, 0.4) is 0 Å². The van der Waals surface area contributed by atoms with Gasteiger partial charge in [-0.3, -0.25) is 0 Å². The number of hydrogen-bond acceptors (Lipinski definition) is 6. The molecule has 0 aliphatic heterocycles. The van der Waals surface area contributed by atoms with E-state index in [1.807, 2.05) is 29.5 Å². The van der Waals surface area contributed by atoms with Crippen LogP contribution in [0, 0.1) is 0 Å². The highest BCUT2D eigenvalue weighted by Crippen LogP contribution is 2.47. The molecule has 11 aromatic rings. The van der Waals surface area contributed by atoms with Crippen LogP contribution in [0.4, 0.5) is 0 Å². The number of benzene rings is 8. The van der Waals surface area contributed by atoms with Crippen LogP contribution in [-0.2, 0) is 0 Å². The fourth-order valence-corrected chi connectivity index (χ4v) is 10.1. The van der Waals surface area contributed by atoms with E-state index in [1.165, 1.54) is 30.3 Å². The smallest absolute Gasteiger partial charge is 0.164 e. The highest BCUT2D eigenvalue weighted by Gasteiger charge is 2.20. The first-order valence-corrected chi connectivity index (χ1v) is 20.2. The average Bonchev–Trinajstić information content (AvgIpc) is 3.89. The number of nitrogens with zero attached hydrogens (tertiary/aromatic N) is 4. The molecular weight excluding hydrogens is 721 g/mol. The van der Waals surface area contributed by atoms with Crippen LogP contribution in [0.2, 0.25) is 0 Å². The molecule has 0 unspecified atom stereocenters. The van der Waals surface area contributed by atoms with Gasteiger partial charge in [0.1, 0.15) is 5.01 Å². The van der Waals surface area contributed by atoms with E-state index < -0.39 is 0 Å². The third-order valence-corrected chi connectivity index (χ3v) is 12.7. The first-order chi connectivity index (χ1) is 27.7. The highest BCUT2D eigenvalue weighted by molar-refractivity contribution is 7.28. The number of fused-ring (bicyclic) bond motifs is 6. The summed E-state index contributed by atoms with van der Waals surface area (Å²) >= 11 is 3.61. The minimum absolute atomic E-state index is 0.624. The summed E-state index contributed by atoms with van der Waals surface area (Å²) in [5, 5.41) is 5.88. The molecule has 3 aromatic heterocycles. The molecule has 0 aliphatic carbocycles. The second-order valence-electron chi connectivity index (χ2n) is 13.8. The standard InChI is InChI=1S/C50H30N4S2/c1-4-15-31(16-5-1)40-29-37(28-34-21-10-11-24-38(34)40)49-53-47(32-17-6-2-7-18-32)52-48(54-49)36-23-14-22-35(27-36)41-30-42-46(56-50(51-42)33-19-8-3-9-20-33)44-39-25-12-13-26-43(39)55-45(41)44/h1-30H. The Labute approximate surface area is 331 Å². The Kier molecular flexibility index (Phi) is 7.83. The summed E-state index contributed by atoms with van der Waals surface area (Å²) < 4.78 is 3.74. The van der Waals surface area contributed by atoms with Crippen LogP contribution < -0.4 is 0 Å². The van der Waals surface area contributed by atoms with E-state index in [9.17, 15) is 0 Å². The van der Waals surface area contributed by atoms with E-state index >= 15 is 0 Å². The predicted molar refractivity (Wildman–Crippen MR) is 236 cm³/mol. The van der Waals surface area contributed by atoms with E-state index in [0.717, 1.165) is 60.4 Å². The zero-order valence-electron chi connectivity index (χ0n) is 29.9. The van der Waals surface area contributed by atoms with Crippen LogP contribution in [0.1, 0.15) is 0 Å². The Balaban J connectivity index is 1.11. The lowest BCUT2D eigenvalue weighted by Gasteiger charge is -2.13. The van der Waals surface area contributed by atoms with Crippen LogP contribution in [0.25, 0.3) is 108 Å². The summed E-state index contributed by atoms with van der Waals surface area (Å²) in [6.07, 6.45) is 0. The zero-order valence-corrected chi connectivity index (χ0v) is 31.6. The van der Waals surface area contributed by atoms with Gasteiger partial charge in [-0.05, 0) is 57.8 Å². The van der Waals surface area contributed by atoms with Crippen LogP contribution >= 0.6 is 22.7 Å². The largest absolute Gasteiger partial charge is 0.236 e. The molecular formula is C50H30N4S2. The second-order valence-corrected chi connectivity index (χ2v) is 15.9. The molecule has 0 atom stereocenters. The molecule has 56 heavy (non-hydrogen) atoms. The molecule has 4 nitrogen and oxygen atoms in total. The van der Waals surface area contributed by atoms with Crippen molar-refractivity contribution in [1.29, 1.82) is 0 Å². The van der Waals surface area contributed by atoms with E-state index in [4.69, 9.17) is 19.9 Å². The first-order valence-electron chi connectivity index (χ1n) is 18.5. The van der Waals surface area contributed by atoms with E-state index in [-0.39, 0.29) is 0 Å². The van der Waals surface area contributed by atoms with Gasteiger partial charge in [-0.15, -0.1) is 22.7 Å². The van der Waals surface area contributed by atoms with Crippen LogP contribution in [0.5, 0.6) is 0 Å². The van der Waals surface area contributed by atoms with Crippen molar-refractivity contribution in [3.05, 3.63) is 182 Å². The van der Waals surface area contributed by atoms with Crippen LogP contribution in [-0.4, -0.2) is 19.9 Å². The summed E-state index contributed by atoms with van der Waals surface area (Å²) in [4.78, 5) is 20.7. The minimum Gasteiger partial charge on any atom is -0.236 e. The summed E-state index contributed by atoms with van der Waals surface area (Å²) in [6.45, 7) is 0. The highest BCUT2D eigenvalue weighted by atomic mass is 32.1. The van der Waals surface area contributed by atoms with Gasteiger partial charge in [0, 0.05) is 48.0 Å². The Morgan fingerprint density at radius 3 is 1.70 bits per heavy atom. The minimum atomic E-state index is 0.624. The van der Waals surface area contributed by atoms with Crippen molar-refractivity contribution in [3.8, 4) is 67.0 Å². The maximum Gasteiger partial charge on any atom is 0.164 e. The zero-order chi connectivity index (χ0) is 37.0. The SMILES string of the molecule is c1ccc(-c2nc(-c3cccc(-c4cc5nc(-c6ccccc6)sc5c5c4sc4ccccc45)c3)nc(-c3cc(-c4ccccc4)c4ccccc4c3)n2)cc1. The van der Waals surface area contributed by atoms with Gasteiger partial charge < -0.3 is 0 Å². The van der Waals surface area contributed by atoms with Crippen molar-refractivity contribution in [2.45, 2.75) is 0 Å². The van der Waals surface area contributed by atoms with Gasteiger partial charge in [0.25, 0.3) is 0 Å². The van der Waals surface area contributed by atoms with Crippen molar-refractivity contribution < 1.29 is 0 Å². The topological polar surface area (TPSA) is 51.6 Å². The van der Waals surface area contributed by atoms with E-state index in [1.54, 1.807) is 11.3 Å². The molecule has 0 saturated carbocycles. The number of thiazole rings is 1. The summed E-state index contributed by atoms with van der Waals surface area (Å²) in [5.41, 5.74) is 9.47. The molecule has 0 N–H and O–H groups in total. The lowest BCUT2D eigenvalue weighted by Crippen LogP contribution is -2.00. The molecule has 11 rings (SSSR count). The van der Waals surface area contributed by atoms with Gasteiger partial charge in [-0.1, -0.05) is 152 Å². The van der Waals surface area contributed by atoms with Gasteiger partial charge in [0.15, 0.2) is 17.5 Å². The third kappa shape index (κ3) is 5.66. The maximum absolute atomic E-state index is 5.23. The summed E-state index contributed by atoms with van der Waals surface area (Å²) in [6, 6.07) is 63.7. The van der Waals surface area contributed by atoms with Gasteiger partial charge in [0.2, 0.25) is 0 Å². The monoisotopic (exact) mass is 750 g/mol. The average molecular weight is 751 g/mol. The Morgan fingerprint density at radius 2 is 0.929 bits per heavy atom. The first kappa shape index (κ1) is 32.6. The Bertz CT molecular complexity index is 3240. The lowest BCUT2D eigenvalue weighted by atomic mass is 9.95. The fourth-order valence-electron chi connectivity index (χ4n) is 7.66. The lowest BCUT2D eigenvalue weighted by molar-refractivity contribution is 1.07. The molecule has 0 fully saturated rings. The molecule has 3 heterocycles. The number of rotatable bonds is 6. The van der Waals surface area contributed by atoms with Crippen molar-refractivity contribution >= 4 is 63.8 Å². The van der Waals surface area contributed by atoms with Gasteiger partial charge >= 0.3 is 0 Å². The van der Waals surface area contributed by atoms with Gasteiger partial charge in [0.05, 0.1) is 10.2 Å². The maximum atomic E-state index is 5.23. The number of thiophene rings is 1. The summed E-state index contributed by atoms with van der Waals surface area (Å²) in [7, 11) is 0. The third-order valence-electron chi connectivity index (χ3n) is 10.3. The molecule has 0 amide bonds. The van der Waals surface area contributed by atoms with Crippen LogP contribution in [0.15, 0.2) is 182 Å². The quantitative estimate of drug-likeness (QED) is 0.170. The van der Waals surface area contributed by atoms with Crippen molar-refractivity contribution in [2.75, 3.05) is 0 Å². The molecule has 6 heteroatoms. The summed E-state index contributed by atoms with van der Waals surface area (Å²) in [5.74, 6) is 1.89. The molecule has 8 aromatic carbocycles.